The number of nitrogens with one attached hydrogen (secondary N) is 1. The van der Waals surface area contributed by atoms with Crippen LogP contribution in [0.15, 0.2) is 23.2 Å². The monoisotopic (exact) mass is 383 g/mol. The molecule has 1 aliphatic carbocycles. The van der Waals surface area contributed by atoms with E-state index in [1.165, 1.54) is 39.8 Å². The lowest BCUT2D eigenvalue weighted by Gasteiger charge is -2.08. The third-order valence-electron chi connectivity index (χ3n) is 4.83. The largest absolute Gasteiger partial charge is 0.325 e. The van der Waals surface area contributed by atoms with Crippen LogP contribution in [-0.2, 0) is 17.6 Å². The Kier molecular flexibility index (Phi) is 4.71. The molecule has 2 aromatic heterocycles. The molecule has 4 rings (SSSR count). The zero-order valence-electron chi connectivity index (χ0n) is 15.2. The number of benzene rings is 1. The van der Waals surface area contributed by atoms with Crippen molar-refractivity contribution in [2.75, 3.05) is 11.1 Å². The van der Waals surface area contributed by atoms with E-state index in [-0.39, 0.29) is 5.91 Å². The minimum absolute atomic E-state index is 0.00182. The van der Waals surface area contributed by atoms with E-state index in [1.807, 2.05) is 13.0 Å². The van der Waals surface area contributed by atoms with E-state index in [0.29, 0.717) is 5.75 Å². The highest BCUT2D eigenvalue weighted by molar-refractivity contribution is 8.00. The molecular weight excluding hydrogens is 362 g/mol. The normalized spacial score (nSPS) is 13.2. The van der Waals surface area contributed by atoms with E-state index in [4.69, 9.17) is 0 Å². The summed E-state index contributed by atoms with van der Waals surface area (Å²) < 4.78 is 0. The SMILES string of the molecule is Cc1nc(SCC(=O)Nc2ccc3c(c2)CCC3)c2c(C)c(C)sc2n1. The van der Waals surface area contributed by atoms with Gasteiger partial charge in [0.15, 0.2) is 0 Å². The van der Waals surface area contributed by atoms with Gasteiger partial charge in [-0.3, -0.25) is 4.79 Å². The molecule has 0 radical (unpaired) electrons. The van der Waals surface area contributed by atoms with Crippen molar-refractivity contribution in [3.05, 3.63) is 45.6 Å². The van der Waals surface area contributed by atoms with Crippen molar-refractivity contribution in [2.45, 2.75) is 45.1 Å². The number of fused-ring (bicyclic) bond motifs is 2. The average molecular weight is 384 g/mol. The summed E-state index contributed by atoms with van der Waals surface area (Å²) in [6, 6.07) is 6.26. The molecule has 1 amide bonds. The Bertz CT molecular complexity index is 1010. The zero-order chi connectivity index (χ0) is 18.3. The molecule has 2 heterocycles. The summed E-state index contributed by atoms with van der Waals surface area (Å²) >= 11 is 3.18. The molecule has 0 atom stereocenters. The quantitative estimate of drug-likeness (QED) is 0.517. The van der Waals surface area contributed by atoms with E-state index in [9.17, 15) is 4.79 Å². The molecule has 1 aromatic carbocycles. The predicted octanol–water partition coefficient (Wildman–Crippen LogP) is 4.84. The number of thiophene rings is 1. The second-order valence-corrected chi connectivity index (χ2v) is 8.88. The van der Waals surface area contributed by atoms with Crippen LogP contribution in [0.25, 0.3) is 10.2 Å². The Labute approximate surface area is 161 Å². The molecule has 1 aliphatic rings. The molecule has 4 nitrogen and oxygen atoms in total. The van der Waals surface area contributed by atoms with Crippen molar-refractivity contribution in [1.29, 1.82) is 0 Å². The Morgan fingerprint density at radius 3 is 2.85 bits per heavy atom. The van der Waals surface area contributed by atoms with E-state index in [1.54, 1.807) is 11.3 Å². The first kappa shape index (κ1) is 17.5. The van der Waals surface area contributed by atoms with Crippen LogP contribution in [0.2, 0.25) is 0 Å². The maximum absolute atomic E-state index is 12.4. The number of carbonyl (C=O) groups excluding carboxylic acids is 1. The van der Waals surface area contributed by atoms with E-state index in [2.05, 4.69) is 41.3 Å². The van der Waals surface area contributed by atoms with Crippen molar-refractivity contribution < 1.29 is 4.79 Å². The minimum atomic E-state index is 0.00182. The maximum Gasteiger partial charge on any atom is 0.234 e. The highest BCUT2D eigenvalue weighted by Gasteiger charge is 2.16. The molecular formula is C20H21N3OS2. The highest BCUT2D eigenvalue weighted by Crippen LogP contribution is 2.35. The minimum Gasteiger partial charge on any atom is -0.325 e. The number of hydrogen-bond donors (Lipinski definition) is 1. The number of aryl methyl sites for hydroxylation is 5. The fraction of sp³-hybridized carbons (Fsp3) is 0.350. The summed E-state index contributed by atoms with van der Waals surface area (Å²) in [5.41, 5.74) is 4.89. The summed E-state index contributed by atoms with van der Waals surface area (Å²) in [4.78, 5) is 23.8. The second-order valence-electron chi connectivity index (χ2n) is 6.71. The number of carbonyl (C=O) groups is 1. The van der Waals surface area contributed by atoms with Gasteiger partial charge in [0.2, 0.25) is 5.91 Å². The standard InChI is InChI=1S/C20H21N3OS2/c1-11-12(2)26-20-18(11)19(21-13(3)22-20)25-10-17(24)23-16-8-7-14-5-4-6-15(14)9-16/h7-9H,4-6,10H2,1-3H3,(H,23,24). The van der Waals surface area contributed by atoms with Gasteiger partial charge in [-0.05, 0) is 68.9 Å². The van der Waals surface area contributed by atoms with Gasteiger partial charge in [-0.15, -0.1) is 11.3 Å². The molecule has 0 saturated heterocycles. The van der Waals surface area contributed by atoms with Crippen molar-refractivity contribution in [1.82, 2.24) is 9.97 Å². The Hall–Kier alpha value is -1.92. The summed E-state index contributed by atoms with van der Waals surface area (Å²) in [7, 11) is 0. The number of nitrogens with zero attached hydrogens (tertiary/aromatic N) is 2. The molecule has 6 heteroatoms. The molecule has 0 aliphatic heterocycles. The fourth-order valence-corrected chi connectivity index (χ4v) is 5.47. The molecule has 26 heavy (non-hydrogen) atoms. The number of anilines is 1. The predicted molar refractivity (Wildman–Crippen MR) is 109 cm³/mol. The number of thioether (sulfide) groups is 1. The summed E-state index contributed by atoms with van der Waals surface area (Å²) in [5.74, 6) is 1.10. The lowest BCUT2D eigenvalue weighted by molar-refractivity contribution is -0.113. The van der Waals surface area contributed by atoms with Gasteiger partial charge in [0.1, 0.15) is 15.7 Å². The Morgan fingerprint density at radius 1 is 1.19 bits per heavy atom. The van der Waals surface area contributed by atoms with Crippen LogP contribution in [0.3, 0.4) is 0 Å². The summed E-state index contributed by atoms with van der Waals surface area (Å²) in [6.45, 7) is 6.10. The van der Waals surface area contributed by atoms with Crippen LogP contribution >= 0.6 is 23.1 Å². The van der Waals surface area contributed by atoms with E-state index < -0.39 is 0 Å². The Morgan fingerprint density at radius 2 is 2.00 bits per heavy atom. The van der Waals surface area contributed by atoms with Gasteiger partial charge in [-0.2, -0.15) is 0 Å². The van der Waals surface area contributed by atoms with Crippen LogP contribution in [0.1, 0.15) is 33.8 Å². The van der Waals surface area contributed by atoms with Gasteiger partial charge in [-0.25, -0.2) is 9.97 Å². The maximum atomic E-state index is 12.4. The average Bonchev–Trinajstić information content (AvgIpc) is 3.17. The van der Waals surface area contributed by atoms with Gasteiger partial charge in [-0.1, -0.05) is 17.8 Å². The molecule has 134 valence electrons. The van der Waals surface area contributed by atoms with Gasteiger partial charge in [0, 0.05) is 16.0 Å². The first-order valence-corrected chi connectivity index (χ1v) is 10.6. The first-order valence-electron chi connectivity index (χ1n) is 8.80. The van der Waals surface area contributed by atoms with Crippen LogP contribution in [-0.4, -0.2) is 21.6 Å². The highest BCUT2D eigenvalue weighted by atomic mass is 32.2. The van der Waals surface area contributed by atoms with Crippen molar-refractivity contribution >= 4 is 44.9 Å². The summed E-state index contributed by atoms with van der Waals surface area (Å²) in [5, 5.41) is 5.02. The third-order valence-corrected chi connectivity index (χ3v) is 6.91. The van der Waals surface area contributed by atoms with E-state index >= 15 is 0 Å². The molecule has 3 aromatic rings. The Balaban J connectivity index is 1.49. The summed E-state index contributed by atoms with van der Waals surface area (Å²) in [6.07, 6.45) is 3.48. The lowest BCUT2D eigenvalue weighted by Crippen LogP contribution is -2.14. The number of rotatable bonds is 4. The fourth-order valence-electron chi connectivity index (χ4n) is 3.40. The number of hydrogen-bond acceptors (Lipinski definition) is 5. The molecule has 0 spiro atoms. The van der Waals surface area contributed by atoms with Crippen molar-refractivity contribution in [3.8, 4) is 0 Å². The third kappa shape index (κ3) is 3.35. The van der Waals surface area contributed by atoms with Gasteiger partial charge in [0.25, 0.3) is 0 Å². The molecule has 0 unspecified atom stereocenters. The smallest absolute Gasteiger partial charge is 0.234 e. The first-order chi connectivity index (χ1) is 12.5. The van der Waals surface area contributed by atoms with Gasteiger partial charge in [0.05, 0.1) is 5.75 Å². The molecule has 0 saturated carbocycles. The van der Waals surface area contributed by atoms with Crippen LogP contribution in [0.5, 0.6) is 0 Å². The van der Waals surface area contributed by atoms with Crippen molar-refractivity contribution in [3.63, 3.8) is 0 Å². The van der Waals surface area contributed by atoms with Gasteiger partial charge < -0.3 is 5.32 Å². The zero-order valence-corrected chi connectivity index (χ0v) is 16.8. The van der Waals surface area contributed by atoms with Crippen LogP contribution in [0, 0.1) is 20.8 Å². The number of amides is 1. The molecule has 0 bridgehead atoms. The molecule has 1 N–H and O–H groups in total. The van der Waals surface area contributed by atoms with E-state index in [0.717, 1.165) is 39.6 Å². The van der Waals surface area contributed by atoms with Gasteiger partial charge >= 0.3 is 0 Å². The lowest BCUT2D eigenvalue weighted by atomic mass is 10.1. The molecule has 0 fully saturated rings. The number of aromatic nitrogens is 2. The second kappa shape index (κ2) is 7.00. The van der Waals surface area contributed by atoms with Crippen LogP contribution < -0.4 is 5.32 Å². The van der Waals surface area contributed by atoms with Crippen molar-refractivity contribution in [2.24, 2.45) is 0 Å². The van der Waals surface area contributed by atoms with Crippen LogP contribution in [0.4, 0.5) is 5.69 Å². The topological polar surface area (TPSA) is 54.9 Å².